The number of nitrogens with one attached hydrogen (secondary N) is 1. The number of hydrogen-bond acceptors (Lipinski definition) is 6. The normalized spacial score (nSPS) is 19.9. The predicted octanol–water partition coefficient (Wildman–Crippen LogP) is 4.25. The summed E-state index contributed by atoms with van der Waals surface area (Å²) in [5.74, 6) is 2.09. The van der Waals surface area contributed by atoms with Crippen LogP contribution in [0, 0.1) is 0 Å². The number of thioether (sulfide) groups is 1. The van der Waals surface area contributed by atoms with Gasteiger partial charge in [-0.15, -0.1) is 21.5 Å². The van der Waals surface area contributed by atoms with Crippen LogP contribution in [0.4, 0.5) is 0 Å². The zero-order valence-corrected chi connectivity index (χ0v) is 18.1. The van der Waals surface area contributed by atoms with E-state index in [9.17, 15) is 4.79 Å². The van der Waals surface area contributed by atoms with Gasteiger partial charge < -0.3 is 5.32 Å². The molecule has 29 heavy (non-hydrogen) atoms. The van der Waals surface area contributed by atoms with Crippen molar-refractivity contribution in [3.63, 3.8) is 0 Å². The lowest BCUT2D eigenvalue weighted by Crippen LogP contribution is -2.33. The summed E-state index contributed by atoms with van der Waals surface area (Å²) < 4.78 is 2.16. The predicted molar refractivity (Wildman–Crippen MR) is 116 cm³/mol. The van der Waals surface area contributed by atoms with Crippen LogP contribution in [0.5, 0.6) is 0 Å². The second kappa shape index (κ2) is 7.23. The van der Waals surface area contributed by atoms with E-state index < -0.39 is 0 Å². The van der Waals surface area contributed by atoms with Gasteiger partial charge in [-0.1, -0.05) is 24.6 Å². The molecular formula is C21H25N5OS2. The fourth-order valence-corrected chi connectivity index (χ4v) is 6.85. The van der Waals surface area contributed by atoms with Crippen LogP contribution < -0.4 is 5.32 Å². The molecule has 0 radical (unpaired) electrons. The Morgan fingerprint density at radius 3 is 2.76 bits per heavy atom. The smallest absolute Gasteiger partial charge is 0.230 e. The van der Waals surface area contributed by atoms with E-state index in [1.807, 2.05) is 11.3 Å². The van der Waals surface area contributed by atoms with Crippen molar-refractivity contribution in [2.45, 2.75) is 81.3 Å². The Balaban J connectivity index is 1.36. The van der Waals surface area contributed by atoms with E-state index in [0.29, 0.717) is 17.7 Å². The van der Waals surface area contributed by atoms with Crippen molar-refractivity contribution in [1.29, 1.82) is 0 Å². The number of carbonyl (C=O) groups excluding carboxylic acids is 1. The molecule has 1 amide bonds. The van der Waals surface area contributed by atoms with E-state index in [-0.39, 0.29) is 5.91 Å². The molecule has 1 N–H and O–H groups in total. The van der Waals surface area contributed by atoms with Crippen molar-refractivity contribution in [1.82, 2.24) is 24.9 Å². The van der Waals surface area contributed by atoms with Crippen LogP contribution in [0.15, 0.2) is 5.16 Å². The Morgan fingerprint density at radius 2 is 1.93 bits per heavy atom. The van der Waals surface area contributed by atoms with Crippen LogP contribution in [-0.4, -0.2) is 37.3 Å². The monoisotopic (exact) mass is 427 g/mol. The van der Waals surface area contributed by atoms with Gasteiger partial charge in [-0.2, -0.15) is 0 Å². The van der Waals surface area contributed by atoms with E-state index in [1.54, 1.807) is 0 Å². The van der Waals surface area contributed by atoms with Gasteiger partial charge in [0, 0.05) is 16.8 Å². The number of amides is 1. The second-order valence-electron chi connectivity index (χ2n) is 8.61. The molecule has 2 fully saturated rings. The van der Waals surface area contributed by atoms with Crippen molar-refractivity contribution < 1.29 is 4.79 Å². The van der Waals surface area contributed by atoms with Crippen LogP contribution in [0.1, 0.15) is 73.5 Å². The zero-order valence-electron chi connectivity index (χ0n) is 16.4. The first-order valence-electron chi connectivity index (χ1n) is 10.9. The van der Waals surface area contributed by atoms with Gasteiger partial charge >= 0.3 is 0 Å². The van der Waals surface area contributed by atoms with Gasteiger partial charge in [0.25, 0.3) is 0 Å². The first-order chi connectivity index (χ1) is 14.3. The maximum Gasteiger partial charge on any atom is 0.230 e. The Morgan fingerprint density at radius 1 is 1.10 bits per heavy atom. The molecule has 3 aliphatic carbocycles. The number of aromatic nitrogens is 4. The van der Waals surface area contributed by atoms with Crippen molar-refractivity contribution in [3.05, 3.63) is 16.3 Å². The minimum atomic E-state index is 0.105. The number of fused-ring (bicyclic) bond motifs is 5. The molecule has 6 nitrogen and oxygen atoms in total. The van der Waals surface area contributed by atoms with Gasteiger partial charge in [-0.3, -0.25) is 9.20 Å². The first kappa shape index (κ1) is 18.1. The fourth-order valence-electron chi connectivity index (χ4n) is 4.83. The van der Waals surface area contributed by atoms with Crippen molar-refractivity contribution in [3.8, 4) is 0 Å². The lowest BCUT2D eigenvalue weighted by Gasteiger charge is -2.12. The number of carbonyl (C=O) groups is 1. The number of rotatable bonds is 5. The summed E-state index contributed by atoms with van der Waals surface area (Å²) in [6, 6.07) is 0.360. The zero-order chi connectivity index (χ0) is 19.4. The third-order valence-corrected chi connectivity index (χ3v) is 8.56. The van der Waals surface area contributed by atoms with Crippen LogP contribution >= 0.6 is 23.1 Å². The number of hydrogen-bond donors (Lipinski definition) is 1. The standard InChI is InChI=1S/C21H25N5OS2/c27-16(22-13-5-1-2-6-13)11-28-21-25-24-19-17-14-7-3-4-8-15(14)29-20(17)23-18(26(19)21)12-9-10-12/h12-13H,1-11H2,(H,22,27). The minimum absolute atomic E-state index is 0.105. The van der Waals surface area contributed by atoms with Gasteiger partial charge in [0.05, 0.1) is 11.1 Å². The van der Waals surface area contributed by atoms with E-state index in [4.69, 9.17) is 4.98 Å². The molecule has 3 aromatic rings. The summed E-state index contributed by atoms with van der Waals surface area (Å²) in [4.78, 5) is 20.1. The van der Waals surface area contributed by atoms with E-state index in [0.717, 1.165) is 40.7 Å². The summed E-state index contributed by atoms with van der Waals surface area (Å²) in [7, 11) is 0. The van der Waals surface area contributed by atoms with Crippen molar-refractivity contribution >= 4 is 44.9 Å². The van der Waals surface area contributed by atoms with Crippen LogP contribution in [-0.2, 0) is 17.6 Å². The van der Waals surface area contributed by atoms with Crippen LogP contribution in [0.25, 0.3) is 15.9 Å². The molecule has 2 saturated carbocycles. The summed E-state index contributed by atoms with van der Waals surface area (Å²) in [6.45, 7) is 0. The quantitative estimate of drug-likeness (QED) is 0.617. The Bertz CT molecular complexity index is 1090. The highest BCUT2D eigenvalue weighted by Crippen LogP contribution is 2.44. The van der Waals surface area contributed by atoms with Gasteiger partial charge in [0.2, 0.25) is 5.91 Å². The van der Waals surface area contributed by atoms with Gasteiger partial charge in [0.15, 0.2) is 10.8 Å². The third-order valence-electron chi connectivity index (χ3n) is 6.45. The highest BCUT2D eigenvalue weighted by atomic mass is 32.2. The molecule has 0 unspecified atom stereocenters. The average Bonchev–Trinajstić information content (AvgIpc) is 3.12. The molecule has 3 aromatic heterocycles. The van der Waals surface area contributed by atoms with E-state index in [2.05, 4.69) is 19.9 Å². The number of nitrogens with zero attached hydrogens (tertiary/aromatic N) is 4. The summed E-state index contributed by atoms with van der Waals surface area (Å²) in [6.07, 6.45) is 11.8. The molecule has 0 aliphatic heterocycles. The van der Waals surface area contributed by atoms with Gasteiger partial charge in [-0.05, 0) is 56.9 Å². The van der Waals surface area contributed by atoms with Crippen molar-refractivity contribution in [2.75, 3.05) is 5.75 Å². The lowest BCUT2D eigenvalue weighted by molar-refractivity contribution is -0.119. The highest BCUT2D eigenvalue weighted by molar-refractivity contribution is 7.99. The molecule has 6 rings (SSSR count). The summed E-state index contributed by atoms with van der Waals surface area (Å²) in [5, 5.41) is 14.3. The summed E-state index contributed by atoms with van der Waals surface area (Å²) >= 11 is 3.35. The Kier molecular flexibility index (Phi) is 4.52. The molecule has 0 atom stereocenters. The average molecular weight is 428 g/mol. The molecule has 0 saturated heterocycles. The van der Waals surface area contributed by atoms with Crippen LogP contribution in [0.3, 0.4) is 0 Å². The molecule has 3 heterocycles. The number of aryl methyl sites for hydroxylation is 2. The Labute approximate surface area is 177 Å². The highest BCUT2D eigenvalue weighted by Gasteiger charge is 2.32. The van der Waals surface area contributed by atoms with E-state index >= 15 is 0 Å². The molecule has 152 valence electrons. The second-order valence-corrected chi connectivity index (χ2v) is 10.6. The maximum absolute atomic E-state index is 12.4. The molecule has 0 spiro atoms. The molecular weight excluding hydrogens is 402 g/mol. The molecule has 0 bridgehead atoms. The largest absolute Gasteiger partial charge is 0.353 e. The molecule has 0 aromatic carbocycles. The van der Waals surface area contributed by atoms with Crippen LogP contribution in [0.2, 0.25) is 0 Å². The minimum Gasteiger partial charge on any atom is -0.353 e. The van der Waals surface area contributed by atoms with Gasteiger partial charge in [0.1, 0.15) is 10.7 Å². The topological polar surface area (TPSA) is 72.2 Å². The lowest BCUT2D eigenvalue weighted by atomic mass is 9.97. The van der Waals surface area contributed by atoms with Crippen molar-refractivity contribution in [2.24, 2.45) is 0 Å². The maximum atomic E-state index is 12.4. The third kappa shape index (κ3) is 3.24. The van der Waals surface area contributed by atoms with Gasteiger partial charge in [-0.25, -0.2) is 4.98 Å². The molecule has 8 heteroatoms. The molecule has 3 aliphatic rings. The Hall–Kier alpha value is -1.67. The fraction of sp³-hybridized carbons (Fsp3) is 0.619. The first-order valence-corrected chi connectivity index (χ1v) is 12.7. The summed E-state index contributed by atoms with van der Waals surface area (Å²) in [5.41, 5.74) is 2.40. The van der Waals surface area contributed by atoms with E-state index in [1.165, 1.54) is 72.5 Å². The number of thiophene rings is 1. The SMILES string of the molecule is O=C(CSc1nnc2c3c4c(sc3nc(C3CC3)n12)CCCC4)NC1CCCC1.